The van der Waals surface area contributed by atoms with Gasteiger partial charge in [0.1, 0.15) is 28.9 Å². The zero-order valence-electron chi connectivity index (χ0n) is 16.2. The molecule has 0 aliphatic carbocycles. The fourth-order valence-corrected chi connectivity index (χ4v) is 3.86. The Morgan fingerprint density at radius 1 is 1.17 bits per heavy atom. The van der Waals surface area contributed by atoms with Crippen LogP contribution in [0.4, 0.5) is 5.82 Å². The normalized spacial score (nSPS) is 15.3. The minimum Gasteiger partial charge on any atom is -0.457 e. The van der Waals surface area contributed by atoms with Gasteiger partial charge >= 0.3 is 0 Å². The number of nitrogen functional groups attached to an aromatic ring is 1. The zero-order valence-corrected chi connectivity index (χ0v) is 16.2. The van der Waals surface area contributed by atoms with Gasteiger partial charge in [-0.05, 0) is 49.4 Å². The van der Waals surface area contributed by atoms with E-state index in [0.717, 1.165) is 28.0 Å². The summed E-state index contributed by atoms with van der Waals surface area (Å²) in [6, 6.07) is 14.3. The molecule has 8 nitrogen and oxygen atoms in total. The van der Waals surface area contributed by atoms with Crippen molar-refractivity contribution in [3.8, 4) is 17.2 Å². The predicted molar refractivity (Wildman–Crippen MR) is 112 cm³/mol. The summed E-state index contributed by atoms with van der Waals surface area (Å²) in [4.78, 5) is 20.0. The number of carbonyl (C=O) groups excluding carboxylic acids is 1. The molecule has 0 bridgehead atoms. The minimum absolute atomic E-state index is 0.0572. The van der Waals surface area contributed by atoms with Crippen LogP contribution < -0.4 is 16.2 Å². The lowest BCUT2D eigenvalue weighted by molar-refractivity contribution is 0.0783. The van der Waals surface area contributed by atoms with E-state index >= 15 is 0 Å². The van der Waals surface area contributed by atoms with Gasteiger partial charge in [-0.1, -0.05) is 6.07 Å². The van der Waals surface area contributed by atoms with Gasteiger partial charge in [-0.25, -0.2) is 9.97 Å². The molecule has 1 atom stereocenters. The van der Waals surface area contributed by atoms with E-state index in [0.29, 0.717) is 29.5 Å². The number of hydrogen-bond donors (Lipinski definition) is 2. The van der Waals surface area contributed by atoms with Crippen LogP contribution in [0.2, 0.25) is 0 Å². The topological polar surface area (TPSA) is 118 Å². The minimum atomic E-state index is -0.500. The quantitative estimate of drug-likeness (QED) is 0.540. The van der Waals surface area contributed by atoms with Crippen LogP contribution in [0.1, 0.15) is 34.6 Å². The molecule has 4 aromatic rings. The van der Waals surface area contributed by atoms with Crippen LogP contribution in [-0.2, 0) is 11.3 Å². The zero-order chi connectivity index (χ0) is 20.8. The van der Waals surface area contributed by atoms with E-state index in [1.54, 1.807) is 24.3 Å². The van der Waals surface area contributed by atoms with Crippen molar-refractivity contribution in [2.45, 2.75) is 19.6 Å². The Morgan fingerprint density at radius 2 is 1.97 bits per heavy atom. The molecule has 0 saturated carbocycles. The molecular formula is C22H19N5O3. The molecule has 3 heterocycles. The maximum Gasteiger partial charge on any atom is 0.248 e. The Kier molecular flexibility index (Phi) is 4.14. The smallest absolute Gasteiger partial charge is 0.248 e. The number of carbonyl (C=O) groups is 1. The number of aromatic nitrogens is 3. The summed E-state index contributed by atoms with van der Waals surface area (Å²) in [5.41, 5.74) is 16.5. The highest BCUT2D eigenvalue weighted by Gasteiger charge is 2.30. The molecule has 8 heteroatoms. The number of fused-ring (bicyclic) bond motifs is 3. The first-order valence-corrected chi connectivity index (χ1v) is 9.46. The van der Waals surface area contributed by atoms with Gasteiger partial charge in [-0.2, -0.15) is 0 Å². The third-order valence-electron chi connectivity index (χ3n) is 5.24. The Bertz CT molecular complexity index is 1280. The van der Waals surface area contributed by atoms with E-state index in [1.165, 1.54) is 6.33 Å². The van der Waals surface area contributed by atoms with Crippen molar-refractivity contribution in [1.82, 2.24) is 14.5 Å². The molecule has 1 aliphatic rings. The molecule has 4 N–H and O–H groups in total. The SMILES string of the molecule is CC1OCc2c1c1ncnc(N)c1n2-c1ccc(Oc2cccc(C(N)=O)c2)cc1. The molecular weight excluding hydrogens is 382 g/mol. The van der Waals surface area contributed by atoms with E-state index < -0.39 is 5.91 Å². The van der Waals surface area contributed by atoms with Crippen molar-refractivity contribution in [2.75, 3.05) is 5.73 Å². The molecule has 0 radical (unpaired) electrons. The number of rotatable bonds is 4. The first-order chi connectivity index (χ1) is 14.5. The van der Waals surface area contributed by atoms with Crippen LogP contribution in [0.15, 0.2) is 54.9 Å². The summed E-state index contributed by atoms with van der Waals surface area (Å²) in [5, 5.41) is 0. The molecule has 1 amide bonds. The van der Waals surface area contributed by atoms with Crippen LogP contribution in [0, 0.1) is 0 Å². The van der Waals surface area contributed by atoms with Gasteiger partial charge in [0.2, 0.25) is 5.91 Å². The Morgan fingerprint density at radius 3 is 2.73 bits per heavy atom. The molecule has 0 fully saturated rings. The van der Waals surface area contributed by atoms with Crippen LogP contribution >= 0.6 is 0 Å². The second-order valence-corrected chi connectivity index (χ2v) is 7.09. The number of ether oxygens (including phenoxy) is 2. The van der Waals surface area contributed by atoms with Gasteiger partial charge in [0.15, 0.2) is 5.82 Å². The van der Waals surface area contributed by atoms with Crippen molar-refractivity contribution in [3.63, 3.8) is 0 Å². The summed E-state index contributed by atoms with van der Waals surface area (Å²) in [6.07, 6.45) is 1.42. The highest BCUT2D eigenvalue weighted by atomic mass is 16.5. The van der Waals surface area contributed by atoms with Gasteiger partial charge in [-0.3, -0.25) is 4.79 Å². The van der Waals surface area contributed by atoms with Gasteiger partial charge < -0.3 is 25.5 Å². The predicted octanol–water partition coefficient (Wildman–Crippen LogP) is 3.49. The van der Waals surface area contributed by atoms with E-state index in [4.69, 9.17) is 20.9 Å². The highest BCUT2D eigenvalue weighted by molar-refractivity contribution is 5.93. The summed E-state index contributed by atoms with van der Waals surface area (Å²) >= 11 is 0. The fraction of sp³-hybridized carbons (Fsp3) is 0.136. The van der Waals surface area contributed by atoms with Gasteiger partial charge in [-0.15, -0.1) is 0 Å². The monoisotopic (exact) mass is 401 g/mol. The molecule has 1 aliphatic heterocycles. The maximum atomic E-state index is 11.4. The summed E-state index contributed by atoms with van der Waals surface area (Å²) in [5.74, 6) is 1.08. The number of primary amides is 1. The molecule has 2 aromatic heterocycles. The molecule has 5 rings (SSSR count). The largest absolute Gasteiger partial charge is 0.457 e. The van der Waals surface area contributed by atoms with Crippen LogP contribution in [-0.4, -0.2) is 20.4 Å². The number of benzene rings is 2. The molecule has 2 aromatic carbocycles. The lowest BCUT2D eigenvalue weighted by Gasteiger charge is -2.12. The molecule has 0 spiro atoms. The number of amides is 1. The van der Waals surface area contributed by atoms with Crippen molar-refractivity contribution in [1.29, 1.82) is 0 Å². The molecule has 0 saturated heterocycles. The number of nitrogens with zero attached hydrogens (tertiary/aromatic N) is 3. The summed E-state index contributed by atoms with van der Waals surface area (Å²) in [7, 11) is 0. The lowest BCUT2D eigenvalue weighted by Crippen LogP contribution is -2.10. The van der Waals surface area contributed by atoms with Crippen molar-refractivity contribution < 1.29 is 14.3 Å². The standard InChI is InChI=1S/C22H19N5O3/c1-12-18-17(10-29-12)27(20-19(18)25-11-26-21(20)23)14-5-7-15(8-6-14)30-16-4-2-3-13(9-16)22(24)28/h2-9,11-12H,10H2,1H3,(H2,24,28)(H2,23,25,26). The third kappa shape index (κ3) is 2.85. The Balaban J connectivity index is 1.54. The third-order valence-corrected chi connectivity index (χ3v) is 5.24. The molecule has 1 unspecified atom stereocenters. The average Bonchev–Trinajstić information content (AvgIpc) is 3.28. The van der Waals surface area contributed by atoms with Gasteiger partial charge in [0, 0.05) is 16.8 Å². The fourth-order valence-electron chi connectivity index (χ4n) is 3.86. The van der Waals surface area contributed by atoms with Crippen molar-refractivity contribution in [2.24, 2.45) is 5.73 Å². The van der Waals surface area contributed by atoms with E-state index in [1.807, 2.05) is 35.8 Å². The van der Waals surface area contributed by atoms with Crippen molar-refractivity contribution in [3.05, 3.63) is 71.7 Å². The van der Waals surface area contributed by atoms with Crippen LogP contribution in [0.5, 0.6) is 11.5 Å². The summed E-state index contributed by atoms with van der Waals surface area (Å²) in [6.45, 7) is 2.48. The Hall–Kier alpha value is -3.91. The van der Waals surface area contributed by atoms with E-state index in [2.05, 4.69) is 9.97 Å². The Labute approximate surface area is 172 Å². The number of nitrogens with two attached hydrogens (primary N) is 2. The molecule has 150 valence electrons. The first kappa shape index (κ1) is 18.1. The van der Waals surface area contributed by atoms with E-state index in [-0.39, 0.29) is 6.10 Å². The van der Waals surface area contributed by atoms with E-state index in [9.17, 15) is 4.79 Å². The lowest BCUT2D eigenvalue weighted by atomic mass is 10.1. The summed E-state index contributed by atoms with van der Waals surface area (Å²) < 4.78 is 13.7. The molecule has 30 heavy (non-hydrogen) atoms. The first-order valence-electron chi connectivity index (χ1n) is 9.46. The van der Waals surface area contributed by atoms with Crippen LogP contribution in [0.25, 0.3) is 16.7 Å². The van der Waals surface area contributed by atoms with Gasteiger partial charge in [0.25, 0.3) is 0 Å². The maximum absolute atomic E-state index is 11.4. The highest BCUT2D eigenvalue weighted by Crippen LogP contribution is 2.40. The second-order valence-electron chi connectivity index (χ2n) is 7.09. The number of anilines is 1. The van der Waals surface area contributed by atoms with Gasteiger partial charge in [0.05, 0.1) is 18.4 Å². The van der Waals surface area contributed by atoms with Crippen LogP contribution in [0.3, 0.4) is 0 Å². The second kappa shape index (κ2) is 6.85. The number of hydrogen-bond acceptors (Lipinski definition) is 6. The van der Waals surface area contributed by atoms with Crippen molar-refractivity contribution >= 4 is 22.8 Å². The average molecular weight is 401 g/mol.